The second-order valence-corrected chi connectivity index (χ2v) is 6.13. The van der Waals surface area contributed by atoms with E-state index in [4.69, 9.17) is 5.73 Å². The minimum atomic E-state index is 0.221. The van der Waals surface area contributed by atoms with Gasteiger partial charge in [0.15, 0.2) is 0 Å². The quantitative estimate of drug-likeness (QED) is 0.769. The molecule has 0 aromatic heterocycles. The van der Waals surface area contributed by atoms with Crippen molar-refractivity contribution in [3.8, 4) is 0 Å². The first kappa shape index (κ1) is 14.9. The maximum Gasteiger partial charge on any atom is 0.0304 e. The molecule has 0 aromatic carbocycles. The monoisotopic (exact) mass is 241 g/mol. The van der Waals surface area contributed by atoms with Crippen LogP contribution in [0.25, 0.3) is 0 Å². The van der Waals surface area contributed by atoms with Gasteiger partial charge in [0.25, 0.3) is 0 Å². The van der Waals surface area contributed by atoms with Crippen molar-refractivity contribution in [3.05, 3.63) is 0 Å². The second kappa shape index (κ2) is 6.72. The molecule has 0 aliphatic carbocycles. The van der Waals surface area contributed by atoms with Gasteiger partial charge in [0.2, 0.25) is 0 Å². The molecule has 0 spiro atoms. The fraction of sp³-hybridized carbons (Fsp3) is 1.00. The summed E-state index contributed by atoms with van der Waals surface area (Å²) in [5.41, 5.74) is 6.20. The molecular formula is C14H31N3. The van der Waals surface area contributed by atoms with Crippen LogP contribution in [0.1, 0.15) is 40.5 Å². The second-order valence-electron chi connectivity index (χ2n) is 6.13. The molecule has 1 fully saturated rings. The van der Waals surface area contributed by atoms with Crippen LogP contribution in [0.15, 0.2) is 0 Å². The summed E-state index contributed by atoms with van der Waals surface area (Å²) in [6.45, 7) is 16.0. The summed E-state index contributed by atoms with van der Waals surface area (Å²) in [7, 11) is 0. The van der Waals surface area contributed by atoms with Crippen LogP contribution in [-0.4, -0.2) is 54.6 Å². The average Bonchev–Trinajstić information content (AvgIpc) is 2.29. The highest BCUT2D eigenvalue weighted by Crippen LogP contribution is 2.22. The molecule has 102 valence electrons. The minimum Gasteiger partial charge on any atom is -0.329 e. The Morgan fingerprint density at radius 2 is 1.76 bits per heavy atom. The molecule has 0 aromatic rings. The molecule has 17 heavy (non-hydrogen) atoms. The zero-order valence-electron chi connectivity index (χ0n) is 12.2. The first-order chi connectivity index (χ1) is 8.01. The van der Waals surface area contributed by atoms with Crippen molar-refractivity contribution in [2.24, 2.45) is 11.7 Å². The first-order valence-electron chi connectivity index (χ1n) is 7.19. The molecule has 1 saturated heterocycles. The number of hydrogen-bond donors (Lipinski definition) is 1. The molecule has 0 amide bonds. The minimum absolute atomic E-state index is 0.221. The van der Waals surface area contributed by atoms with Crippen LogP contribution in [0.2, 0.25) is 0 Å². The van der Waals surface area contributed by atoms with E-state index in [2.05, 4.69) is 37.5 Å². The third-order valence-corrected chi connectivity index (χ3v) is 3.99. The zero-order valence-corrected chi connectivity index (χ0v) is 12.2. The van der Waals surface area contributed by atoms with Crippen LogP contribution in [0.5, 0.6) is 0 Å². The SMILES string of the molecule is CCCC(C)(CN)N1CCN(CC(C)C)CC1. The van der Waals surface area contributed by atoms with E-state index < -0.39 is 0 Å². The third kappa shape index (κ3) is 4.23. The summed E-state index contributed by atoms with van der Waals surface area (Å²) in [6.07, 6.45) is 2.44. The Kier molecular flexibility index (Phi) is 5.90. The van der Waals surface area contributed by atoms with Crippen molar-refractivity contribution in [2.75, 3.05) is 39.3 Å². The molecular weight excluding hydrogens is 210 g/mol. The summed E-state index contributed by atoms with van der Waals surface area (Å²) in [5.74, 6) is 0.776. The van der Waals surface area contributed by atoms with Crippen molar-refractivity contribution in [3.63, 3.8) is 0 Å². The Bertz CT molecular complexity index is 210. The summed E-state index contributed by atoms with van der Waals surface area (Å²) in [6, 6.07) is 0. The number of piperazine rings is 1. The predicted octanol–water partition coefficient (Wildman–Crippen LogP) is 1.78. The number of rotatable bonds is 6. The highest BCUT2D eigenvalue weighted by atomic mass is 15.3. The highest BCUT2D eigenvalue weighted by molar-refractivity contribution is 4.90. The van der Waals surface area contributed by atoms with Crippen molar-refractivity contribution >= 4 is 0 Å². The molecule has 1 rings (SSSR count). The Hall–Kier alpha value is -0.120. The largest absolute Gasteiger partial charge is 0.329 e. The molecule has 3 heteroatoms. The highest BCUT2D eigenvalue weighted by Gasteiger charge is 2.31. The van der Waals surface area contributed by atoms with Gasteiger partial charge in [-0.2, -0.15) is 0 Å². The van der Waals surface area contributed by atoms with Crippen LogP contribution in [0, 0.1) is 5.92 Å². The van der Waals surface area contributed by atoms with Crippen molar-refractivity contribution in [1.82, 2.24) is 9.80 Å². The van der Waals surface area contributed by atoms with E-state index in [9.17, 15) is 0 Å². The van der Waals surface area contributed by atoms with E-state index in [-0.39, 0.29) is 5.54 Å². The van der Waals surface area contributed by atoms with Crippen LogP contribution in [-0.2, 0) is 0 Å². The summed E-state index contributed by atoms with van der Waals surface area (Å²) in [4.78, 5) is 5.19. The van der Waals surface area contributed by atoms with Crippen molar-refractivity contribution in [1.29, 1.82) is 0 Å². The first-order valence-corrected chi connectivity index (χ1v) is 7.19. The maximum atomic E-state index is 5.98. The Balaban J connectivity index is 2.44. The molecule has 0 saturated carbocycles. The van der Waals surface area contributed by atoms with Gasteiger partial charge >= 0.3 is 0 Å². The van der Waals surface area contributed by atoms with Gasteiger partial charge < -0.3 is 10.6 Å². The molecule has 1 aliphatic heterocycles. The lowest BCUT2D eigenvalue weighted by Crippen LogP contribution is -2.59. The van der Waals surface area contributed by atoms with Crippen molar-refractivity contribution < 1.29 is 0 Å². The third-order valence-electron chi connectivity index (χ3n) is 3.99. The van der Waals surface area contributed by atoms with Crippen LogP contribution in [0.3, 0.4) is 0 Å². The van der Waals surface area contributed by atoms with E-state index in [0.29, 0.717) is 0 Å². The molecule has 0 radical (unpaired) electrons. The summed E-state index contributed by atoms with van der Waals surface area (Å²) in [5, 5.41) is 0. The van der Waals surface area contributed by atoms with Crippen LogP contribution < -0.4 is 5.73 Å². The molecule has 2 N–H and O–H groups in total. The molecule has 1 atom stereocenters. The summed E-state index contributed by atoms with van der Waals surface area (Å²) >= 11 is 0. The van der Waals surface area contributed by atoms with Gasteiger partial charge in [0, 0.05) is 44.8 Å². The van der Waals surface area contributed by atoms with Gasteiger partial charge in [0.05, 0.1) is 0 Å². The lowest BCUT2D eigenvalue weighted by atomic mass is 9.93. The lowest BCUT2D eigenvalue weighted by Gasteiger charge is -2.46. The van der Waals surface area contributed by atoms with Gasteiger partial charge in [-0.05, 0) is 19.3 Å². The summed E-state index contributed by atoms with van der Waals surface area (Å²) < 4.78 is 0. The van der Waals surface area contributed by atoms with E-state index in [1.807, 2.05) is 0 Å². The van der Waals surface area contributed by atoms with E-state index in [0.717, 1.165) is 12.5 Å². The van der Waals surface area contributed by atoms with Gasteiger partial charge in [-0.1, -0.05) is 27.2 Å². The van der Waals surface area contributed by atoms with Gasteiger partial charge in [0.1, 0.15) is 0 Å². The fourth-order valence-corrected chi connectivity index (χ4v) is 2.91. The van der Waals surface area contributed by atoms with E-state index >= 15 is 0 Å². The molecule has 1 unspecified atom stereocenters. The van der Waals surface area contributed by atoms with Gasteiger partial charge in [-0.15, -0.1) is 0 Å². The van der Waals surface area contributed by atoms with E-state index in [1.54, 1.807) is 0 Å². The average molecular weight is 241 g/mol. The van der Waals surface area contributed by atoms with Gasteiger partial charge in [-0.3, -0.25) is 4.90 Å². The maximum absolute atomic E-state index is 5.98. The number of hydrogen-bond acceptors (Lipinski definition) is 3. The van der Waals surface area contributed by atoms with Crippen LogP contribution in [0.4, 0.5) is 0 Å². The number of nitrogens with two attached hydrogens (primary N) is 1. The Morgan fingerprint density at radius 1 is 1.18 bits per heavy atom. The Morgan fingerprint density at radius 3 is 2.18 bits per heavy atom. The number of nitrogens with zero attached hydrogens (tertiary/aromatic N) is 2. The zero-order chi connectivity index (χ0) is 12.9. The normalized spacial score (nSPS) is 22.9. The van der Waals surface area contributed by atoms with E-state index in [1.165, 1.54) is 45.6 Å². The molecule has 1 heterocycles. The molecule has 0 bridgehead atoms. The standard InChI is InChI=1S/C14H31N3/c1-5-6-14(4,12-15)17-9-7-16(8-10-17)11-13(2)3/h13H,5-12,15H2,1-4H3. The lowest BCUT2D eigenvalue weighted by molar-refractivity contribution is 0.0373. The molecule has 1 aliphatic rings. The van der Waals surface area contributed by atoms with Crippen molar-refractivity contribution in [2.45, 2.75) is 46.1 Å². The fourth-order valence-electron chi connectivity index (χ4n) is 2.91. The topological polar surface area (TPSA) is 32.5 Å². The smallest absolute Gasteiger partial charge is 0.0304 e. The molecule has 3 nitrogen and oxygen atoms in total. The van der Waals surface area contributed by atoms with Gasteiger partial charge in [-0.25, -0.2) is 0 Å². The predicted molar refractivity (Wildman–Crippen MR) is 75.2 cm³/mol. The Labute approximate surface area is 107 Å². The van der Waals surface area contributed by atoms with Crippen LogP contribution >= 0.6 is 0 Å².